The second-order valence-corrected chi connectivity index (χ2v) is 15.8. The van der Waals surface area contributed by atoms with E-state index in [4.69, 9.17) is 38.9 Å². The lowest BCUT2D eigenvalue weighted by Gasteiger charge is -2.33. The van der Waals surface area contributed by atoms with Gasteiger partial charge < -0.3 is 18.9 Å². The fourth-order valence-electron chi connectivity index (χ4n) is 6.95. The quantitative estimate of drug-likeness (QED) is 0.184. The Hall–Kier alpha value is -5.44. The number of nitrogens with zero attached hydrogens (tertiary/aromatic N) is 4. The summed E-state index contributed by atoms with van der Waals surface area (Å²) in [6.07, 6.45) is 0. The van der Waals surface area contributed by atoms with E-state index in [0.717, 1.165) is 61.9 Å². The third-order valence-electron chi connectivity index (χ3n) is 11.3. The first kappa shape index (κ1) is 31.5. The topological polar surface area (TPSA) is 87.4 Å². The van der Waals surface area contributed by atoms with Crippen molar-refractivity contribution >= 4 is 34.9 Å². The number of benzene rings is 3. The number of hydrogen-bond acceptors (Lipinski definition) is 8. The van der Waals surface area contributed by atoms with Crippen LogP contribution in [0.5, 0.6) is 23.0 Å². The molecule has 6 heterocycles. The van der Waals surface area contributed by atoms with Gasteiger partial charge in [-0.2, -0.15) is 0 Å². The van der Waals surface area contributed by atoms with Gasteiger partial charge in [-0.3, -0.25) is 0 Å². The van der Waals surface area contributed by atoms with Crippen LogP contribution >= 0.6 is 0 Å². The minimum Gasteiger partial charge on any atom is -0.468 e. The molecular weight excluding hydrogens is 635 g/mol. The maximum Gasteiger partial charge on any atom is 0.260 e. The van der Waals surface area contributed by atoms with Crippen LogP contribution in [0.1, 0.15) is 66.8 Å². The Morgan fingerprint density at radius 3 is 1.29 bits per heavy atom. The molecule has 0 spiro atoms. The van der Waals surface area contributed by atoms with Gasteiger partial charge in [0.1, 0.15) is 45.6 Å². The third-order valence-corrected chi connectivity index (χ3v) is 11.3. The summed E-state index contributed by atoms with van der Waals surface area (Å²) in [5.41, 5.74) is 6.55. The van der Waals surface area contributed by atoms with Crippen LogP contribution < -0.4 is 25.9 Å². The van der Waals surface area contributed by atoms with Crippen molar-refractivity contribution < 1.29 is 18.9 Å². The number of aliphatic imine (C=N–C) groups is 2. The van der Waals surface area contributed by atoms with E-state index in [0.29, 0.717) is 23.2 Å². The smallest absolute Gasteiger partial charge is 0.260 e. The molecule has 0 atom stereocenters. The molecule has 0 aliphatic carbocycles. The highest BCUT2D eigenvalue weighted by molar-refractivity contribution is 6.98. The van der Waals surface area contributed by atoms with Gasteiger partial charge in [-0.15, -0.1) is 0 Å². The number of rotatable bonds is 4. The van der Waals surface area contributed by atoms with Crippen LogP contribution in [0.25, 0.3) is 22.5 Å². The lowest BCUT2D eigenvalue weighted by atomic mass is 9.35. The average molecular weight is 675 g/mol. The minimum atomic E-state index is -0.429. The van der Waals surface area contributed by atoms with E-state index in [1.54, 1.807) is 0 Å². The van der Waals surface area contributed by atoms with Gasteiger partial charge in [0.2, 0.25) is 11.8 Å². The molecular formula is C42H39BN4O4. The van der Waals surface area contributed by atoms with Crippen LogP contribution in [0, 0.1) is 0 Å². The number of aromatic nitrogens is 2. The highest BCUT2D eigenvalue weighted by Gasteiger charge is 2.47. The molecule has 4 aliphatic rings. The van der Waals surface area contributed by atoms with Crippen molar-refractivity contribution in [2.75, 3.05) is 0 Å². The molecule has 4 aliphatic heterocycles. The van der Waals surface area contributed by atoms with E-state index in [1.165, 1.54) is 0 Å². The maximum atomic E-state index is 6.58. The molecule has 9 heteroatoms. The molecule has 8 nitrogen and oxygen atoms in total. The summed E-state index contributed by atoms with van der Waals surface area (Å²) in [5, 5.41) is 0. The molecule has 2 aromatic heterocycles. The molecule has 0 radical (unpaired) electrons. The van der Waals surface area contributed by atoms with Crippen molar-refractivity contribution in [2.45, 2.75) is 77.7 Å². The van der Waals surface area contributed by atoms with E-state index in [-0.39, 0.29) is 17.8 Å². The first-order valence-corrected chi connectivity index (χ1v) is 17.5. The minimum absolute atomic E-state index is 0.0678. The molecule has 5 aromatic rings. The van der Waals surface area contributed by atoms with Crippen LogP contribution in [-0.4, -0.2) is 50.8 Å². The maximum absolute atomic E-state index is 6.58. The molecule has 0 N–H and O–H groups in total. The Morgan fingerprint density at radius 1 is 0.471 bits per heavy atom. The Kier molecular flexibility index (Phi) is 6.52. The second-order valence-electron chi connectivity index (χ2n) is 15.8. The van der Waals surface area contributed by atoms with Crippen LogP contribution in [0.3, 0.4) is 0 Å². The molecule has 0 saturated heterocycles. The zero-order chi connectivity index (χ0) is 35.5. The first-order valence-electron chi connectivity index (χ1n) is 17.5. The molecule has 0 unspecified atom stereocenters. The fourth-order valence-corrected chi connectivity index (χ4v) is 6.95. The van der Waals surface area contributed by atoms with Crippen molar-refractivity contribution in [3.63, 3.8) is 0 Å². The van der Waals surface area contributed by atoms with Gasteiger partial charge in [0, 0.05) is 16.6 Å². The number of ether oxygens (including phenoxy) is 4. The molecule has 51 heavy (non-hydrogen) atoms. The highest BCUT2D eigenvalue weighted by atomic mass is 16.5. The van der Waals surface area contributed by atoms with Crippen molar-refractivity contribution in [3.8, 4) is 45.5 Å². The van der Waals surface area contributed by atoms with Crippen LogP contribution in [0.4, 0.5) is 0 Å². The Bertz CT molecular complexity index is 2200. The van der Waals surface area contributed by atoms with Gasteiger partial charge in [-0.25, -0.2) is 20.0 Å². The molecule has 254 valence electrons. The van der Waals surface area contributed by atoms with Gasteiger partial charge in [0.15, 0.2) is 0 Å². The normalized spacial score (nSPS) is 19.3. The predicted octanol–water partition coefficient (Wildman–Crippen LogP) is 7.21. The summed E-state index contributed by atoms with van der Waals surface area (Å²) in [4.78, 5) is 19.7. The second kappa shape index (κ2) is 10.5. The predicted molar refractivity (Wildman–Crippen MR) is 202 cm³/mol. The van der Waals surface area contributed by atoms with Gasteiger partial charge in [0.25, 0.3) is 6.71 Å². The summed E-state index contributed by atoms with van der Waals surface area (Å²) in [6, 6.07) is 30.6. The van der Waals surface area contributed by atoms with E-state index < -0.39 is 11.2 Å². The third kappa shape index (κ3) is 4.88. The molecule has 0 fully saturated rings. The monoisotopic (exact) mass is 674 g/mol. The van der Waals surface area contributed by atoms with E-state index in [2.05, 4.69) is 91.8 Å². The molecule has 3 aromatic carbocycles. The van der Waals surface area contributed by atoms with Gasteiger partial charge in [-0.1, -0.05) is 42.5 Å². The lowest BCUT2D eigenvalue weighted by Crippen LogP contribution is -2.57. The van der Waals surface area contributed by atoms with Gasteiger partial charge in [0.05, 0.1) is 22.5 Å². The van der Waals surface area contributed by atoms with Gasteiger partial charge >= 0.3 is 0 Å². The van der Waals surface area contributed by atoms with Crippen LogP contribution in [-0.2, 0) is 9.47 Å². The number of fused-ring (bicyclic) bond motifs is 4. The SMILES string of the molecule is CC1(C)N=C(c2cccc(-c3ccc4c(c3)Oc3cccc5c3B4c3ccc(-c4cccc(C6=NC(C)(C)C(C)(C)O6)n4)cc3O5)n2)OC1(C)C. The lowest BCUT2D eigenvalue weighted by molar-refractivity contribution is 0.0616. The standard InChI is InChI=1S/C42H39BN4O4/c1-39(2)41(5,6)50-37(46-39)30-14-9-12-28(44-30)24-18-20-26-34(22-24)48-32-16-11-17-33-36(32)43(26)27-21-19-25(23-35(27)49-33)29-13-10-15-31(45-29)38-47-40(3,4)42(7,8)51-38/h9-23H,1-8H3. The molecule has 0 amide bonds. The molecule has 9 rings (SSSR count). The van der Waals surface area contributed by atoms with Crippen LogP contribution in [0.15, 0.2) is 101 Å². The first-order chi connectivity index (χ1) is 24.2. The van der Waals surface area contributed by atoms with Crippen molar-refractivity contribution in [1.82, 2.24) is 9.97 Å². The summed E-state index contributed by atoms with van der Waals surface area (Å²) in [6.45, 7) is 16.5. The zero-order valence-corrected chi connectivity index (χ0v) is 30.2. The summed E-state index contributed by atoms with van der Waals surface area (Å²) in [7, 11) is 0. The molecule has 0 bridgehead atoms. The van der Waals surface area contributed by atoms with E-state index in [1.807, 2.05) is 54.6 Å². The average Bonchev–Trinajstić information content (AvgIpc) is 3.47. The zero-order valence-electron chi connectivity index (χ0n) is 30.2. The summed E-state index contributed by atoms with van der Waals surface area (Å²) in [5.74, 6) is 4.29. The van der Waals surface area contributed by atoms with E-state index in [9.17, 15) is 0 Å². The van der Waals surface area contributed by atoms with E-state index >= 15 is 0 Å². The summed E-state index contributed by atoms with van der Waals surface area (Å²) >= 11 is 0. The van der Waals surface area contributed by atoms with Crippen LogP contribution in [0.2, 0.25) is 0 Å². The highest BCUT2D eigenvalue weighted by Crippen LogP contribution is 2.39. The Balaban J connectivity index is 1.07. The van der Waals surface area contributed by atoms with Crippen molar-refractivity contribution in [1.29, 1.82) is 0 Å². The molecule has 0 saturated carbocycles. The van der Waals surface area contributed by atoms with Gasteiger partial charge in [-0.05, 0) is 115 Å². The number of hydrogen-bond donors (Lipinski definition) is 0. The largest absolute Gasteiger partial charge is 0.468 e. The Morgan fingerprint density at radius 2 is 0.882 bits per heavy atom. The fraction of sp³-hybridized carbons (Fsp3) is 0.286. The number of pyridine rings is 2. The summed E-state index contributed by atoms with van der Waals surface area (Å²) < 4.78 is 25.7. The van der Waals surface area contributed by atoms with Crippen molar-refractivity contribution in [2.24, 2.45) is 9.98 Å². The Labute approximate surface area is 298 Å². The van der Waals surface area contributed by atoms with Crippen molar-refractivity contribution in [3.05, 3.63) is 102 Å².